The first-order valence-electron chi connectivity index (χ1n) is 17.3. The summed E-state index contributed by atoms with van der Waals surface area (Å²) in [7, 11) is 1.44. The van der Waals surface area contributed by atoms with Gasteiger partial charge in [0.2, 0.25) is 5.88 Å². The number of β-amino-alcohol motifs (C(OH)–C–C–N with tert-alkyl or cyclic N) is 1. The molecule has 2 aromatic carbocycles. The molecule has 50 heavy (non-hydrogen) atoms. The fourth-order valence-electron chi connectivity index (χ4n) is 8.95. The number of rotatable bonds is 5. The topological polar surface area (TPSA) is 137 Å². The Morgan fingerprint density at radius 2 is 1.84 bits per heavy atom. The van der Waals surface area contributed by atoms with E-state index in [1.165, 1.54) is 32.1 Å². The summed E-state index contributed by atoms with van der Waals surface area (Å²) in [5.74, 6) is -0.998. The number of aliphatic hydroxyl groups excluding tert-OH is 1. The second-order valence-electron chi connectivity index (χ2n) is 14.1. The summed E-state index contributed by atoms with van der Waals surface area (Å²) in [6.45, 7) is 6.06. The Kier molecular flexibility index (Phi) is 8.49. The summed E-state index contributed by atoms with van der Waals surface area (Å²) in [5, 5.41) is 20.4. The number of fused-ring (bicyclic) bond motifs is 7. The molecule has 0 spiro atoms. The van der Waals surface area contributed by atoms with E-state index in [1.54, 1.807) is 6.92 Å². The molecule has 7 heterocycles. The van der Waals surface area contributed by atoms with Crippen molar-refractivity contribution in [3.63, 3.8) is 0 Å². The van der Waals surface area contributed by atoms with Gasteiger partial charge in [-0.15, -0.1) is 0 Å². The van der Waals surface area contributed by atoms with Crippen LogP contribution in [0.2, 0.25) is 0 Å². The Balaban J connectivity index is 0.000000346. The highest BCUT2D eigenvalue weighted by molar-refractivity contribution is 6.05. The second kappa shape index (κ2) is 12.9. The Morgan fingerprint density at radius 3 is 2.54 bits per heavy atom. The molecule has 2 aromatic heterocycles. The first kappa shape index (κ1) is 33.0. The summed E-state index contributed by atoms with van der Waals surface area (Å²) < 4.78 is 60.9. The van der Waals surface area contributed by atoms with Crippen LogP contribution in [0.15, 0.2) is 16.5 Å². The van der Waals surface area contributed by atoms with Crippen LogP contribution in [0.25, 0.3) is 33.0 Å². The lowest BCUT2D eigenvalue weighted by atomic mass is 9.90. The quantitative estimate of drug-likeness (QED) is 0.291. The molecule has 4 saturated heterocycles. The minimum Gasteiger partial charge on any atom is -0.467 e. The van der Waals surface area contributed by atoms with Crippen molar-refractivity contribution in [1.82, 2.24) is 19.8 Å². The molecule has 4 fully saturated rings. The van der Waals surface area contributed by atoms with E-state index in [4.69, 9.17) is 24.6 Å². The summed E-state index contributed by atoms with van der Waals surface area (Å²) in [5.41, 5.74) is 7.44. The number of aliphatic hydroxyl groups is 1. The van der Waals surface area contributed by atoms with Crippen LogP contribution < -0.4 is 15.4 Å². The Bertz CT molecular complexity index is 1990. The third-order valence-corrected chi connectivity index (χ3v) is 10.9. The minimum atomic E-state index is -0.706. The van der Waals surface area contributed by atoms with Crippen molar-refractivity contribution in [3.05, 3.63) is 40.5 Å². The van der Waals surface area contributed by atoms with E-state index in [9.17, 15) is 19.1 Å². The molecule has 2 bridgehead atoms. The lowest BCUT2D eigenvalue weighted by molar-refractivity contribution is 0.111. The molecule has 264 valence electrons. The molecule has 0 radical (unpaired) electrons. The molecule has 0 saturated carbocycles. The number of aromatic nitrogens is 2. The van der Waals surface area contributed by atoms with E-state index in [0.29, 0.717) is 35.9 Å². The number of hydrogen-bond acceptors (Lipinski definition) is 11. The van der Waals surface area contributed by atoms with Crippen LogP contribution in [0, 0.1) is 23.0 Å². The fourth-order valence-corrected chi connectivity index (χ4v) is 8.95. The van der Waals surface area contributed by atoms with Crippen molar-refractivity contribution in [1.29, 1.82) is 5.26 Å². The number of anilines is 2. The Hall–Kier alpha value is -4.16. The third-order valence-electron chi connectivity index (χ3n) is 10.9. The summed E-state index contributed by atoms with van der Waals surface area (Å²) in [6.07, 6.45) is 4.27. The molecule has 0 aliphatic carbocycles. The van der Waals surface area contributed by atoms with E-state index in [-0.39, 0.29) is 70.4 Å². The number of hydrogen-bond donors (Lipinski definition) is 2. The largest absolute Gasteiger partial charge is 0.467 e. The fraction of sp³-hybridized carbons (Fsp3) is 0.528. The average Bonchev–Trinajstić information content (AvgIpc) is 3.91. The SMILES string of the molecule is COc1nc(N2C3CCC2CN(CC(C)O)C3)c2c3c(c(-c4ccc(F)c5oc(N)c(C#N)c45)c(F)c2n1)COC3.FC1CC2CCCN2C1. The number of nitrogen functional groups attached to an aromatic ring is 1. The number of nitrogens with two attached hydrogens (primary N) is 1. The Morgan fingerprint density at radius 1 is 1.08 bits per heavy atom. The predicted octanol–water partition coefficient (Wildman–Crippen LogP) is 5.04. The van der Waals surface area contributed by atoms with Crippen LogP contribution >= 0.6 is 0 Å². The first-order chi connectivity index (χ1) is 24.2. The molecule has 0 amide bonds. The molecule has 9 rings (SSSR count). The summed E-state index contributed by atoms with van der Waals surface area (Å²) >= 11 is 0. The lowest BCUT2D eigenvalue weighted by Crippen LogP contribution is -2.55. The van der Waals surface area contributed by atoms with Crippen LogP contribution in [-0.2, 0) is 18.0 Å². The maximum absolute atomic E-state index is 16.9. The van der Waals surface area contributed by atoms with Gasteiger partial charge in [0.05, 0.1) is 37.2 Å². The van der Waals surface area contributed by atoms with Gasteiger partial charge in [-0.3, -0.25) is 9.80 Å². The molecular weight excluding hydrogens is 651 g/mol. The highest BCUT2D eigenvalue weighted by Crippen LogP contribution is 2.48. The maximum Gasteiger partial charge on any atom is 0.318 e. The number of ether oxygens (including phenoxy) is 2. The number of halogens is 3. The number of piperazine rings is 1. The van der Waals surface area contributed by atoms with Crippen molar-refractivity contribution in [2.45, 2.75) is 82.6 Å². The van der Waals surface area contributed by atoms with Gasteiger partial charge in [0.15, 0.2) is 17.2 Å². The number of nitriles is 1. The van der Waals surface area contributed by atoms with E-state index < -0.39 is 23.9 Å². The predicted molar refractivity (Wildman–Crippen MR) is 180 cm³/mol. The molecular formula is C36H40F3N7O4. The van der Waals surface area contributed by atoms with Crippen molar-refractivity contribution < 1.29 is 32.2 Å². The smallest absolute Gasteiger partial charge is 0.318 e. The number of alkyl halides is 1. The van der Waals surface area contributed by atoms with Crippen LogP contribution in [-0.4, -0.2) is 95.1 Å². The zero-order chi connectivity index (χ0) is 34.8. The Labute approximate surface area is 287 Å². The molecule has 5 atom stereocenters. The van der Waals surface area contributed by atoms with Gasteiger partial charge in [-0.2, -0.15) is 15.2 Å². The van der Waals surface area contributed by atoms with Crippen LogP contribution in [0.4, 0.5) is 24.9 Å². The molecule has 4 aromatic rings. The monoisotopic (exact) mass is 691 g/mol. The van der Waals surface area contributed by atoms with Gasteiger partial charge in [-0.1, -0.05) is 6.07 Å². The standard InChI is InChI=1S/C29H28F2N6O4.C7H12FN/c1-13(38)8-36-9-14-3-4-15(10-36)37(14)28-23-19-12-40-11-18(19)21(24(31)25(23)34-29(35-28)39-2)16-5-6-20(30)26-22(16)17(7-32)27(33)41-26;8-6-4-7-2-1-3-9(7)5-6/h5-6,13-15,38H,3-4,8-12,33H2,1-2H3;6-7H,1-5H2. The molecule has 14 heteroatoms. The molecule has 5 aliphatic heterocycles. The van der Waals surface area contributed by atoms with E-state index >= 15 is 4.39 Å². The lowest BCUT2D eigenvalue weighted by Gasteiger charge is -2.42. The van der Waals surface area contributed by atoms with Crippen molar-refractivity contribution in [3.8, 4) is 23.2 Å². The highest BCUT2D eigenvalue weighted by atomic mass is 19.1. The molecule has 5 aliphatic rings. The first-order valence-corrected chi connectivity index (χ1v) is 17.3. The van der Waals surface area contributed by atoms with Crippen molar-refractivity contribution >= 4 is 33.6 Å². The van der Waals surface area contributed by atoms with Crippen LogP contribution in [0.3, 0.4) is 0 Å². The number of nitrogens with zero attached hydrogens (tertiary/aromatic N) is 6. The van der Waals surface area contributed by atoms with Crippen molar-refractivity contribution in [2.24, 2.45) is 0 Å². The van der Waals surface area contributed by atoms with Gasteiger partial charge in [0, 0.05) is 49.9 Å². The van der Waals surface area contributed by atoms with E-state index in [1.807, 2.05) is 6.07 Å². The zero-order valence-corrected chi connectivity index (χ0v) is 28.1. The average molecular weight is 692 g/mol. The van der Waals surface area contributed by atoms with Gasteiger partial charge in [-0.05, 0) is 68.3 Å². The minimum absolute atomic E-state index is 0.0246. The van der Waals surface area contributed by atoms with E-state index in [2.05, 4.69) is 19.7 Å². The van der Waals surface area contributed by atoms with E-state index in [0.717, 1.165) is 44.5 Å². The third kappa shape index (κ3) is 5.42. The van der Waals surface area contributed by atoms with Gasteiger partial charge in [0.25, 0.3) is 0 Å². The van der Waals surface area contributed by atoms with Crippen molar-refractivity contribution in [2.75, 3.05) is 50.5 Å². The number of furan rings is 1. The molecule has 3 N–H and O–H groups in total. The summed E-state index contributed by atoms with van der Waals surface area (Å²) in [6, 6.07) is 5.46. The summed E-state index contributed by atoms with van der Waals surface area (Å²) in [4.78, 5) is 16.0. The van der Waals surface area contributed by atoms with Crippen LogP contribution in [0.5, 0.6) is 6.01 Å². The molecule has 11 nitrogen and oxygen atoms in total. The van der Waals surface area contributed by atoms with Gasteiger partial charge >= 0.3 is 6.01 Å². The normalized spacial score (nSPS) is 25.1. The zero-order valence-electron chi connectivity index (χ0n) is 28.1. The van der Waals surface area contributed by atoms with Crippen LogP contribution in [0.1, 0.15) is 55.7 Å². The molecule has 5 unspecified atom stereocenters. The number of likely N-dealkylation sites (tertiary alicyclic amines) is 1. The van der Waals surface area contributed by atoms with Gasteiger partial charge in [0.1, 0.15) is 29.1 Å². The number of benzene rings is 2. The second-order valence-corrected chi connectivity index (χ2v) is 14.1. The maximum atomic E-state index is 16.9. The van der Waals surface area contributed by atoms with Gasteiger partial charge in [-0.25, -0.2) is 13.2 Å². The number of methoxy groups -OCH3 is 1. The highest BCUT2D eigenvalue weighted by Gasteiger charge is 2.43. The van der Waals surface area contributed by atoms with Gasteiger partial charge < -0.3 is 29.6 Å².